The monoisotopic (exact) mass is 365 g/mol. The quantitative estimate of drug-likeness (QED) is 0.672. The molecule has 0 aliphatic carbocycles. The topological polar surface area (TPSA) is 46.9 Å². The Kier molecular flexibility index (Phi) is 5.28. The number of nitrogens with zero attached hydrogens (tertiary/aromatic N) is 2. The van der Waals surface area contributed by atoms with Crippen LogP contribution in [0.3, 0.4) is 0 Å². The molecular formula is C17H14F3N3OS. The molecule has 0 saturated carbocycles. The van der Waals surface area contributed by atoms with Crippen LogP contribution in [0.5, 0.6) is 0 Å². The molecule has 0 bridgehead atoms. The third-order valence-corrected chi connectivity index (χ3v) is 4.48. The number of amides is 1. The van der Waals surface area contributed by atoms with Gasteiger partial charge in [0.15, 0.2) is 5.16 Å². The van der Waals surface area contributed by atoms with Crippen molar-refractivity contribution < 1.29 is 18.0 Å². The van der Waals surface area contributed by atoms with E-state index in [1.54, 1.807) is 42.5 Å². The highest BCUT2D eigenvalue weighted by molar-refractivity contribution is 7.99. The molecule has 0 unspecified atom stereocenters. The fraction of sp³-hybridized carbons (Fsp3) is 0.176. The van der Waals surface area contributed by atoms with Crippen LogP contribution in [0.15, 0.2) is 53.7 Å². The SMILES string of the molecule is O=C(CSc1nc2ccccc2n1C(F)F)NCc1ccccc1F. The normalized spacial score (nSPS) is 11.2. The lowest BCUT2D eigenvalue weighted by Gasteiger charge is -2.08. The zero-order valence-electron chi connectivity index (χ0n) is 13.0. The first kappa shape index (κ1) is 17.3. The van der Waals surface area contributed by atoms with Gasteiger partial charge in [-0.15, -0.1) is 0 Å². The minimum atomic E-state index is -2.75. The molecule has 130 valence electrons. The van der Waals surface area contributed by atoms with Crippen molar-refractivity contribution in [3.8, 4) is 0 Å². The lowest BCUT2D eigenvalue weighted by Crippen LogP contribution is -2.25. The van der Waals surface area contributed by atoms with Crippen LogP contribution in [0.25, 0.3) is 11.0 Å². The minimum Gasteiger partial charge on any atom is -0.351 e. The second-order valence-electron chi connectivity index (χ2n) is 5.19. The maximum atomic E-state index is 13.5. The van der Waals surface area contributed by atoms with Crippen LogP contribution in [0.4, 0.5) is 13.2 Å². The van der Waals surface area contributed by atoms with Crippen molar-refractivity contribution in [2.75, 3.05) is 5.75 Å². The summed E-state index contributed by atoms with van der Waals surface area (Å²) < 4.78 is 40.9. The summed E-state index contributed by atoms with van der Waals surface area (Å²) >= 11 is 0.915. The Morgan fingerprint density at radius 1 is 1.16 bits per heavy atom. The molecule has 0 aliphatic rings. The number of fused-ring (bicyclic) bond motifs is 1. The van der Waals surface area contributed by atoms with Crippen molar-refractivity contribution in [1.82, 2.24) is 14.9 Å². The van der Waals surface area contributed by atoms with E-state index in [9.17, 15) is 18.0 Å². The number of hydrogen-bond acceptors (Lipinski definition) is 3. The fourth-order valence-electron chi connectivity index (χ4n) is 2.33. The van der Waals surface area contributed by atoms with Crippen LogP contribution in [0, 0.1) is 5.82 Å². The van der Waals surface area contributed by atoms with Crippen molar-refractivity contribution in [2.45, 2.75) is 18.3 Å². The number of carbonyl (C=O) groups is 1. The lowest BCUT2D eigenvalue weighted by atomic mass is 10.2. The standard InChI is InChI=1S/C17H14F3N3OS/c18-12-6-2-1-5-11(12)9-21-15(24)10-25-17-22-13-7-3-4-8-14(13)23(17)16(19)20/h1-8,16H,9-10H2,(H,21,24). The largest absolute Gasteiger partial charge is 0.351 e. The third kappa shape index (κ3) is 3.96. The van der Waals surface area contributed by atoms with E-state index in [4.69, 9.17) is 0 Å². The molecule has 0 fully saturated rings. The van der Waals surface area contributed by atoms with Gasteiger partial charge in [0.25, 0.3) is 0 Å². The van der Waals surface area contributed by atoms with Gasteiger partial charge in [-0.25, -0.2) is 9.37 Å². The minimum absolute atomic E-state index is 0.0390. The number of benzene rings is 2. The number of para-hydroxylation sites is 2. The highest BCUT2D eigenvalue weighted by Crippen LogP contribution is 2.28. The Morgan fingerprint density at radius 2 is 1.88 bits per heavy atom. The van der Waals surface area contributed by atoms with Gasteiger partial charge < -0.3 is 5.32 Å². The van der Waals surface area contributed by atoms with Gasteiger partial charge in [-0.05, 0) is 18.2 Å². The first-order valence-corrected chi connectivity index (χ1v) is 8.43. The van der Waals surface area contributed by atoms with Gasteiger partial charge in [-0.2, -0.15) is 8.78 Å². The molecular weight excluding hydrogens is 351 g/mol. The van der Waals surface area contributed by atoms with Crippen LogP contribution < -0.4 is 5.32 Å². The number of thioether (sulfide) groups is 1. The van der Waals surface area contributed by atoms with E-state index in [0.29, 0.717) is 16.6 Å². The van der Waals surface area contributed by atoms with Gasteiger partial charge in [0, 0.05) is 12.1 Å². The molecule has 0 spiro atoms. The molecule has 3 aromatic rings. The molecule has 0 aliphatic heterocycles. The second kappa shape index (κ2) is 7.60. The van der Waals surface area contributed by atoms with E-state index in [2.05, 4.69) is 10.3 Å². The Morgan fingerprint density at radius 3 is 2.64 bits per heavy atom. The number of rotatable bonds is 6. The number of halogens is 3. The van der Waals surface area contributed by atoms with E-state index in [1.165, 1.54) is 6.07 Å². The number of alkyl halides is 2. The zero-order valence-corrected chi connectivity index (χ0v) is 13.8. The van der Waals surface area contributed by atoms with Crippen molar-refractivity contribution in [1.29, 1.82) is 0 Å². The van der Waals surface area contributed by atoms with Gasteiger partial charge >= 0.3 is 6.55 Å². The first-order chi connectivity index (χ1) is 12.1. The number of hydrogen-bond donors (Lipinski definition) is 1. The molecule has 3 rings (SSSR count). The molecule has 4 nitrogen and oxygen atoms in total. The van der Waals surface area contributed by atoms with Crippen molar-refractivity contribution in [3.05, 3.63) is 59.9 Å². The van der Waals surface area contributed by atoms with Gasteiger partial charge in [-0.3, -0.25) is 9.36 Å². The predicted molar refractivity (Wildman–Crippen MR) is 90.0 cm³/mol. The molecule has 8 heteroatoms. The van der Waals surface area contributed by atoms with Gasteiger partial charge in [0.1, 0.15) is 5.82 Å². The molecule has 1 heterocycles. The summed E-state index contributed by atoms with van der Waals surface area (Å²) in [7, 11) is 0. The first-order valence-electron chi connectivity index (χ1n) is 7.44. The second-order valence-corrected chi connectivity index (χ2v) is 6.13. The molecule has 2 aromatic carbocycles. The molecule has 0 radical (unpaired) electrons. The molecule has 1 N–H and O–H groups in total. The highest BCUT2D eigenvalue weighted by atomic mass is 32.2. The summed E-state index contributed by atoms with van der Waals surface area (Å²) in [6.07, 6.45) is 0. The van der Waals surface area contributed by atoms with E-state index in [1.807, 2.05) is 0 Å². The van der Waals surface area contributed by atoms with E-state index >= 15 is 0 Å². The summed E-state index contributed by atoms with van der Waals surface area (Å²) in [5.74, 6) is -0.888. The van der Waals surface area contributed by atoms with Crippen molar-refractivity contribution in [2.24, 2.45) is 0 Å². The van der Waals surface area contributed by atoms with E-state index < -0.39 is 12.4 Å². The predicted octanol–water partition coefficient (Wildman–Crippen LogP) is 3.98. The Hall–Kier alpha value is -2.48. The van der Waals surface area contributed by atoms with E-state index in [-0.39, 0.29) is 23.4 Å². The Labute approximate surface area is 146 Å². The number of carbonyl (C=O) groups excluding carboxylic acids is 1. The number of imidazole rings is 1. The summed E-state index contributed by atoms with van der Waals surface area (Å²) in [4.78, 5) is 16.1. The number of nitrogens with one attached hydrogen (secondary N) is 1. The van der Waals surface area contributed by atoms with Crippen molar-refractivity contribution in [3.63, 3.8) is 0 Å². The Bertz CT molecular complexity index is 898. The lowest BCUT2D eigenvalue weighted by molar-refractivity contribution is -0.118. The summed E-state index contributed by atoms with van der Waals surface area (Å²) in [5, 5.41) is 2.64. The summed E-state index contributed by atoms with van der Waals surface area (Å²) in [5.41, 5.74) is 1.12. The molecule has 0 atom stereocenters. The molecule has 25 heavy (non-hydrogen) atoms. The van der Waals surface area contributed by atoms with Crippen LogP contribution in [0.1, 0.15) is 12.1 Å². The summed E-state index contributed by atoms with van der Waals surface area (Å²) in [6.45, 7) is -2.71. The van der Waals surface area contributed by atoms with Gasteiger partial charge in [0.2, 0.25) is 5.91 Å². The summed E-state index contributed by atoms with van der Waals surface area (Å²) in [6, 6.07) is 12.7. The Balaban J connectivity index is 1.65. The average Bonchev–Trinajstić information content (AvgIpc) is 2.98. The average molecular weight is 365 g/mol. The number of aromatic nitrogens is 2. The maximum absolute atomic E-state index is 13.5. The van der Waals surface area contributed by atoms with Crippen molar-refractivity contribution >= 4 is 28.7 Å². The van der Waals surface area contributed by atoms with Crippen LogP contribution in [-0.2, 0) is 11.3 Å². The molecule has 1 amide bonds. The highest BCUT2D eigenvalue weighted by Gasteiger charge is 2.18. The van der Waals surface area contributed by atoms with Gasteiger partial charge in [-0.1, -0.05) is 42.1 Å². The maximum Gasteiger partial charge on any atom is 0.321 e. The van der Waals surface area contributed by atoms with Gasteiger partial charge in [0.05, 0.1) is 16.8 Å². The smallest absolute Gasteiger partial charge is 0.321 e. The van der Waals surface area contributed by atoms with Crippen LogP contribution >= 0.6 is 11.8 Å². The zero-order chi connectivity index (χ0) is 17.8. The van der Waals surface area contributed by atoms with Crippen LogP contribution in [0.2, 0.25) is 0 Å². The molecule has 1 aromatic heterocycles. The van der Waals surface area contributed by atoms with E-state index in [0.717, 1.165) is 16.3 Å². The molecule has 0 saturated heterocycles. The fourth-order valence-corrected chi connectivity index (χ4v) is 3.17. The van der Waals surface area contributed by atoms with Crippen LogP contribution in [-0.4, -0.2) is 21.2 Å². The third-order valence-electron chi connectivity index (χ3n) is 3.52.